The standard InChI is InChI=1S/C22H24ClN5O2/c1-30-21-10-9-15(23)12-19(21)26-22(29)25-14-16-13-20(18-8-4-5-11-24-18)28(27-16)17-6-2-3-7-17/h4-5,8-13,17H,2-3,6-7,14H2,1H3,(H2,25,26,29). The van der Waals surface area contributed by atoms with Gasteiger partial charge in [0.1, 0.15) is 5.75 Å². The van der Waals surface area contributed by atoms with E-state index in [0.29, 0.717) is 29.0 Å². The summed E-state index contributed by atoms with van der Waals surface area (Å²) in [6, 6.07) is 12.9. The Balaban J connectivity index is 1.48. The summed E-state index contributed by atoms with van der Waals surface area (Å²) in [5, 5.41) is 10.9. The molecule has 0 aliphatic heterocycles. The topological polar surface area (TPSA) is 81.1 Å². The molecule has 0 bridgehead atoms. The Morgan fingerprint density at radius 1 is 1.23 bits per heavy atom. The zero-order chi connectivity index (χ0) is 20.9. The maximum absolute atomic E-state index is 12.4. The van der Waals surface area contributed by atoms with Gasteiger partial charge in [0.2, 0.25) is 0 Å². The third kappa shape index (κ3) is 4.57. The van der Waals surface area contributed by atoms with Gasteiger partial charge >= 0.3 is 6.03 Å². The van der Waals surface area contributed by atoms with Crippen LogP contribution >= 0.6 is 11.6 Å². The highest BCUT2D eigenvalue weighted by Gasteiger charge is 2.22. The Morgan fingerprint density at radius 3 is 2.80 bits per heavy atom. The molecule has 4 rings (SSSR count). The smallest absolute Gasteiger partial charge is 0.319 e. The monoisotopic (exact) mass is 425 g/mol. The second-order valence-electron chi connectivity index (χ2n) is 7.27. The Morgan fingerprint density at radius 2 is 2.07 bits per heavy atom. The molecule has 2 heterocycles. The number of aromatic nitrogens is 3. The van der Waals surface area contributed by atoms with Crippen LogP contribution in [0.25, 0.3) is 11.4 Å². The highest BCUT2D eigenvalue weighted by atomic mass is 35.5. The van der Waals surface area contributed by atoms with Gasteiger partial charge in [-0.05, 0) is 49.2 Å². The first-order valence-electron chi connectivity index (χ1n) is 10.0. The molecule has 1 saturated carbocycles. The normalized spacial score (nSPS) is 13.9. The van der Waals surface area contributed by atoms with Crippen LogP contribution in [0.1, 0.15) is 37.4 Å². The van der Waals surface area contributed by atoms with Crippen LogP contribution < -0.4 is 15.4 Å². The Hall–Kier alpha value is -3.06. The highest BCUT2D eigenvalue weighted by Crippen LogP contribution is 2.33. The first kappa shape index (κ1) is 20.2. The van der Waals surface area contributed by atoms with Crippen molar-refractivity contribution >= 4 is 23.3 Å². The number of ether oxygens (including phenoxy) is 1. The number of methoxy groups -OCH3 is 1. The number of benzene rings is 1. The number of hydrogen-bond acceptors (Lipinski definition) is 4. The number of nitrogens with zero attached hydrogens (tertiary/aromatic N) is 3. The van der Waals surface area contributed by atoms with Crippen LogP contribution in [0.3, 0.4) is 0 Å². The molecule has 2 amide bonds. The van der Waals surface area contributed by atoms with E-state index in [2.05, 4.69) is 20.3 Å². The molecule has 156 valence electrons. The fraction of sp³-hybridized carbons (Fsp3) is 0.318. The maximum atomic E-state index is 12.4. The average molecular weight is 426 g/mol. The van der Waals surface area contributed by atoms with Gasteiger partial charge in [-0.25, -0.2) is 4.79 Å². The fourth-order valence-corrected chi connectivity index (χ4v) is 3.95. The van der Waals surface area contributed by atoms with Gasteiger partial charge in [0.05, 0.1) is 42.5 Å². The lowest BCUT2D eigenvalue weighted by Gasteiger charge is -2.13. The molecular formula is C22H24ClN5O2. The average Bonchev–Trinajstić information content (AvgIpc) is 3.43. The van der Waals surface area contributed by atoms with Crippen LogP contribution in [0.15, 0.2) is 48.7 Å². The van der Waals surface area contributed by atoms with E-state index in [0.717, 1.165) is 29.9 Å². The molecule has 0 atom stereocenters. The van der Waals surface area contributed by atoms with Gasteiger partial charge in [0.25, 0.3) is 0 Å². The summed E-state index contributed by atoms with van der Waals surface area (Å²) in [4.78, 5) is 16.9. The van der Waals surface area contributed by atoms with E-state index in [9.17, 15) is 4.79 Å². The summed E-state index contributed by atoms with van der Waals surface area (Å²) in [5.41, 5.74) is 3.16. The van der Waals surface area contributed by atoms with Gasteiger partial charge in [0, 0.05) is 11.2 Å². The van der Waals surface area contributed by atoms with Crippen LogP contribution in [0.5, 0.6) is 5.75 Å². The molecule has 3 aromatic rings. The first-order chi connectivity index (χ1) is 14.6. The molecule has 7 nitrogen and oxygen atoms in total. The zero-order valence-electron chi connectivity index (χ0n) is 16.8. The summed E-state index contributed by atoms with van der Waals surface area (Å²) in [6.07, 6.45) is 6.44. The number of hydrogen-bond donors (Lipinski definition) is 2. The van der Waals surface area contributed by atoms with Gasteiger partial charge < -0.3 is 15.4 Å². The van der Waals surface area contributed by atoms with E-state index in [1.165, 1.54) is 12.8 Å². The molecule has 8 heteroatoms. The predicted octanol–water partition coefficient (Wildman–Crippen LogP) is 5.04. The summed E-state index contributed by atoms with van der Waals surface area (Å²) >= 11 is 6.02. The number of rotatable bonds is 6. The Labute approximate surface area is 180 Å². The van der Waals surface area contributed by atoms with Crippen LogP contribution in [0.4, 0.5) is 10.5 Å². The molecule has 2 N–H and O–H groups in total. The van der Waals surface area contributed by atoms with E-state index >= 15 is 0 Å². The minimum Gasteiger partial charge on any atom is -0.495 e. The lowest BCUT2D eigenvalue weighted by Crippen LogP contribution is -2.28. The van der Waals surface area contributed by atoms with Crippen molar-refractivity contribution in [1.29, 1.82) is 0 Å². The number of halogens is 1. The summed E-state index contributed by atoms with van der Waals surface area (Å²) in [6.45, 7) is 0.300. The van der Waals surface area contributed by atoms with Crippen LogP contribution in [0, 0.1) is 0 Å². The van der Waals surface area contributed by atoms with Crippen molar-refractivity contribution in [1.82, 2.24) is 20.1 Å². The van der Waals surface area contributed by atoms with E-state index in [-0.39, 0.29) is 6.03 Å². The molecule has 30 heavy (non-hydrogen) atoms. The summed E-state index contributed by atoms with van der Waals surface area (Å²) < 4.78 is 7.34. The van der Waals surface area contributed by atoms with E-state index in [1.54, 1.807) is 31.5 Å². The van der Waals surface area contributed by atoms with Crippen molar-refractivity contribution in [3.05, 3.63) is 59.4 Å². The van der Waals surface area contributed by atoms with Crippen molar-refractivity contribution < 1.29 is 9.53 Å². The number of amides is 2. The Bertz CT molecular complexity index is 1020. The minimum absolute atomic E-state index is 0.300. The van der Waals surface area contributed by atoms with Crippen molar-refractivity contribution in [2.24, 2.45) is 0 Å². The molecule has 1 aliphatic carbocycles. The van der Waals surface area contributed by atoms with Crippen molar-refractivity contribution in [3.63, 3.8) is 0 Å². The Kier molecular flexibility index (Phi) is 6.18. The third-order valence-electron chi connectivity index (χ3n) is 5.22. The lowest BCUT2D eigenvalue weighted by atomic mass is 10.2. The molecule has 0 saturated heterocycles. The zero-order valence-corrected chi connectivity index (χ0v) is 17.5. The number of anilines is 1. The first-order valence-corrected chi connectivity index (χ1v) is 10.4. The lowest BCUT2D eigenvalue weighted by molar-refractivity contribution is 0.251. The van der Waals surface area contributed by atoms with Crippen LogP contribution in [0.2, 0.25) is 5.02 Å². The molecular weight excluding hydrogens is 402 g/mol. The van der Waals surface area contributed by atoms with E-state index in [4.69, 9.17) is 21.4 Å². The number of nitrogens with one attached hydrogen (secondary N) is 2. The predicted molar refractivity (Wildman–Crippen MR) is 117 cm³/mol. The van der Waals surface area contributed by atoms with Crippen LogP contribution in [-0.4, -0.2) is 27.9 Å². The van der Waals surface area contributed by atoms with E-state index < -0.39 is 0 Å². The number of carbonyl (C=O) groups is 1. The summed E-state index contributed by atoms with van der Waals surface area (Å²) in [5.74, 6) is 0.539. The summed E-state index contributed by atoms with van der Waals surface area (Å²) in [7, 11) is 1.54. The second kappa shape index (κ2) is 9.17. The van der Waals surface area contributed by atoms with Crippen LogP contribution in [-0.2, 0) is 6.54 Å². The molecule has 1 fully saturated rings. The quantitative estimate of drug-likeness (QED) is 0.579. The molecule has 1 aliphatic rings. The minimum atomic E-state index is -0.356. The largest absolute Gasteiger partial charge is 0.495 e. The van der Waals surface area contributed by atoms with Gasteiger partial charge in [-0.2, -0.15) is 5.10 Å². The van der Waals surface area contributed by atoms with Crippen molar-refractivity contribution in [2.75, 3.05) is 12.4 Å². The van der Waals surface area contributed by atoms with Crippen molar-refractivity contribution in [2.45, 2.75) is 38.3 Å². The molecule has 0 radical (unpaired) electrons. The molecule has 2 aromatic heterocycles. The van der Waals surface area contributed by atoms with Gasteiger partial charge in [0.15, 0.2) is 0 Å². The number of pyridine rings is 1. The maximum Gasteiger partial charge on any atom is 0.319 e. The van der Waals surface area contributed by atoms with Gasteiger partial charge in [-0.3, -0.25) is 9.67 Å². The molecule has 1 aromatic carbocycles. The number of carbonyl (C=O) groups excluding carboxylic acids is 1. The van der Waals surface area contributed by atoms with Gasteiger partial charge in [-0.15, -0.1) is 0 Å². The molecule has 0 unspecified atom stereocenters. The van der Waals surface area contributed by atoms with Gasteiger partial charge in [-0.1, -0.05) is 30.5 Å². The van der Waals surface area contributed by atoms with Crippen molar-refractivity contribution in [3.8, 4) is 17.1 Å². The second-order valence-corrected chi connectivity index (χ2v) is 7.71. The highest BCUT2D eigenvalue weighted by molar-refractivity contribution is 6.31. The number of urea groups is 1. The molecule has 0 spiro atoms. The SMILES string of the molecule is COc1ccc(Cl)cc1NC(=O)NCc1cc(-c2ccccn2)n(C2CCCC2)n1. The third-order valence-corrected chi connectivity index (χ3v) is 5.46. The van der Waals surface area contributed by atoms with E-state index in [1.807, 2.05) is 24.3 Å². The fourth-order valence-electron chi connectivity index (χ4n) is 3.78.